The molecule has 1 heterocycles. The summed E-state index contributed by atoms with van der Waals surface area (Å²) in [5.74, 6) is 0.843. The lowest BCUT2D eigenvalue weighted by Crippen LogP contribution is -2.27. The molecule has 1 aromatic carbocycles. The molecular weight excluding hydrogens is 218 g/mol. The summed E-state index contributed by atoms with van der Waals surface area (Å²) in [6, 6.07) is 5.55. The molecule has 0 bridgehead atoms. The van der Waals surface area contributed by atoms with Gasteiger partial charge in [-0.2, -0.15) is 0 Å². The summed E-state index contributed by atoms with van der Waals surface area (Å²) >= 11 is 0. The number of benzene rings is 1. The first-order valence-electron chi connectivity index (χ1n) is 5.93. The molecule has 0 spiro atoms. The van der Waals surface area contributed by atoms with Gasteiger partial charge in [0.05, 0.1) is 13.2 Å². The van der Waals surface area contributed by atoms with Crippen molar-refractivity contribution in [3.63, 3.8) is 0 Å². The van der Waals surface area contributed by atoms with Gasteiger partial charge in [-0.25, -0.2) is 0 Å². The van der Waals surface area contributed by atoms with Crippen molar-refractivity contribution in [2.45, 2.75) is 13.3 Å². The van der Waals surface area contributed by atoms with Crippen LogP contribution in [0.15, 0.2) is 18.2 Å². The summed E-state index contributed by atoms with van der Waals surface area (Å²) in [4.78, 5) is 11.8. The maximum atomic E-state index is 11.8. The van der Waals surface area contributed by atoms with E-state index >= 15 is 0 Å². The lowest BCUT2D eigenvalue weighted by atomic mass is 10.1. The van der Waals surface area contributed by atoms with Crippen LogP contribution in [0.2, 0.25) is 0 Å². The fraction of sp³-hybridized carbons (Fsp3) is 0.462. The number of amides is 1. The molecule has 0 saturated carbocycles. The summed E-state index contributed by atoms with van der Waals surface area (Å²) in [5.41, 5.74) is 1.80. The molecule has 1 aliphatic rings. The quantitative estimate of drug-likeness (QED) is 0.784. The molecule has 2 rings (SSSR count). The Hall–Kier alpha value is -1.55. The molecule has 4 nitrogen and oxygen atoms in total. The molecule has 92 valence electrons. The van der Waals surface area contributed by atoms with Gasteiger partial charge in [-0.15, -0.1) is 0 Å². The van der Waals surface area contributed by atoms with Gasteiger partial charge in [0.1, 0.15) is 5.75 Å². The molecule has 0 unspecified atom stereocenters. The number of nitrogens with one attached hydrogen (secondary N) is 1. The Morgan fingerprint density at radius 2 is 2.41 bits per heavy atom. The van der Waals surface area contributed by atoms with Crippen molar-refractivity contribution in [3.05, 3.63) is 29.3 Å². The van der Waals surface area contributed by atoms with Gasteiger partial charge in [-0.3, -0.25) is 4.79 Å². The monoisotopic (exact) mass is 235 g/mol. The summed E-state index contributed by atoms with van der Waals surface area (Å²) in [6.07, 6.45) is 0.884. The average molecular weight is 235 g/mol. The Bertz CT molecular complexity index is 404. The Balaban J connectivity index is 1.91. The molecule has 4 heteroatoms. The zero-order valence-corrected chi connectivity index (χ0v) is 9.99. The summed E-state index contributed by atoms with van der Waals surface area (Å²) in [7, 11) is 0. The van der Waals surface area contributed by atoms with E-state index in [0.717, 1.165) is 17.7 Å². The molecule has 1 amide bonds. The molecule has 0 fully saturated rings. The van der Waals surface area contributed by atoms with Crippen LogP contribution in [0, 0.1) is 0 Å². The van der Waals surface area contributed by atoms with E-state index in [1.165, 1.54) is 0 Å². The predicted octanol–water partition coefficient (Wildman–Crippen LogP) is 1.39. The molecule has 0 aliphatic carbocycles. The first-order chi connectivity index (χ1) is 8.31. The minimum Gasteiger partial charge on any atom is -0.493 e. The highest BCUT2D eigenvalue weighted by atomic mass is 16.5. The maximum Gasteiger partial charge on any atom is 0.251 e. The van der Waals surface area contributed by atoms with Crippen LogP contribution in [0.5, 0.6) is 5.75 Å². The number of hydrogen-bond donors (Lipinski definition) is 1. The molecule has 0 radical (unpaired) electrons. The van der Waals surface area contributed by atoms with Crippen molar-refractivity contribution in [3.8, 4) is 5.75 Å². The Kier molecular flexibility index (Phi) is 3.98. The smallest absolute Gasteiger partial charge is 0.251 e. The first-order valence-corrected chi connectivity index (χ1v) is 5.93. The van der Waals surface area contributed by atoms with E-state index in [-0.39, 0.29) is 5.91 Å². The highest BCUT2D eigenvalue weighted by Gasteiger charge is 2.14. The number of carbonyl (C=O) groups is 1. The molecule has 1 N–H and O–H groups in total. The fourth-order valence-electron chi connectivity index (χ4n) is 1.81. The summed E-state index contributed by atoms with van der Waals surface area (Å²) in [6.45, 7) is 4.41. The van der Waals surface area contributed by atoms with Crippen LogP contribution in [0.1, 0.15) is 22.8 Å². The molecule has 1 aliphatic heterocycles. The van der Waals surface area contributed by atoms with Gasteiger partial charge in [0, 0.05) is 25.1 Å². The van der Waals surface area contributed by atoms with E-state index in [1.54, 1.807) is 6.07 Å². The molecular formula is C13H17NO3. The third kappa shape index (κ3) is 2.97. The van der Waals surface area contributed by atoms with Crippen LogP contribution in [0.3, 0.4) is 0 Å². The fourth-order valence-corrected chi connectivity index (χ4v) is 1.81. The highest BCUT2D eigenvalue weighted by Crippen LogP contribution is 2.25. The Morgan fingerprint density at radius 3 is 3.24 bits per heavy atom. The predicted molar refractivity (Wildman–Crippen MR) is 64.5 cm³/mol. The number of fused-ring (bicyclic) bond motifs is 1. The molecule has 0 aromatic heterocycles. The second kappa shape index (κ2) is 5.68. The van der Waals surface area contributed by atoms with Gasteiger partial charge in [0.2, 0.25) is 0 Å². The topological polar surface area (TPSA) is 47.6 Å². The van der Waals surface area contributed by atoms with E-state index in [4.69, 9.17) is 9.47 Å². The van der Waals surface area contributed by atoms with Gasteiger partial charge >= 0.3 is 0 Å². The van der Waals surface area contributed by atoms with E-state index in [9.17, 15) is 4.79 Å². The van der Waals surface area contributed by atoms with E-state index in [2.05, 4.69) is 5.32 Å². The van der Waals surface area contributed by atoms with Crippen LogP contribution < -0.4 is 10.1 Å². The van der Waals surface area contributed by atoms with Gasteiger partial charge in [-0.05, 0) is 30.7 Å². The van der Waals surface area contributed by atoms with E-state index < -0.39 is 0 Å². The van der Waals surface area contributed by atoms with Gasteiger partial charge in [0.25, 0.3) is 5.91 Å². The SMILES string of the molecule is CCOCCNC(=O)c1ccc2c(c1)CCO2. The van der Waals surface area contributed by atoms with Crippen molar-refractivity contribution >= 4 is 5.91 Å². The number of hydrogen-bond acceptors (Lipinski definition) is 3. The van der Waals surface area contributed by atoms with Crippen LogP contribution in [0.25, 0.3) is 0 Å². The Morgan fingerprint density at radius 1 is 1.53 bits per heavy atom. The minimum atomic E-state index is -0.0561. The van der Waals surface area contributed by atoms with Crippen molar-refractivity contribution in [2.24, 2.45) is 0 Å². The maximum absolute atomic E-state index is 11.8. The highest BCUT2D eigenvalue weighted by molar-refractivity contribution is 5.94. The van der Waals surface area contributed by atoms with Gasteiger partial charge in [0.15, 0.2) is 0 Å². The van der Waals surface area contributed by atoms with Gasteiger partial charge < -0.3 is 14.8 Å². The van der Waals surface area contributed by atoms with E-state index in [0.29, 0.717) is 31.9 Å². The lowest BCUT2D eigenvalue weighted by molar-refractivity contribution is 0.0922. The third-order valence-corrected chi connectivity index (χ3v) is 2.69. The minimum absolute atomic E-state index is 0.0561. The van der Waals surface area contributed by atoms with Crippen LogP contribution in [0.4, 0.5) is 0 Å². The van der Waals surface area contributed by atoms with Crippen molar-refractivity contribution in [1.82, 2.24) is 5.32 Å². The van der Waals surface area contributed by atoms with Crippen molar-refractivity contribution in [2.75, 3.05) is 26.4 Å². The third-order valence-electron chi connectivity index (χ3n) is 2.69. The lowest BCUT2D eigenvalue weighted by Gasteiger charge is -2.06. The average Bonchev–Trinajstić information content (AvgIpc) is 2.81. The molecule has 17 heavy (non-hydrogen) atoms. The standard InChI is InChI=1S/C13H17NO3/c1-2-16-8-6-14-13(15)11-3-4-12-10(9-11)5-7-17-12/h3-4,9H,2,5-8H2,1H3,(H,14,15). The van der Waals surface area contributed by atoms with Crippen molar-refractivity contribution in [1.29, 1.82) is 0 Å². The zero-order chi connectivity index (χ0) is 12.1. The van der Waals surface area contributed by atoms with Crippen LogP contribution in [-0.2, 0) is 11.2 Å². The van der Waals surface area contributed by atoms with Crippen molar-refractivity contribution < 1.29 is 14.3 Å². The second-order valence-corrected chi connectivity index (χ2v) is 3.87. The number of rotatable bonds is 5. The van der Waals surface area contributed by atoms with E-state index in [1.807, 2.05) is 19.1 Å². The van der Waals surface area contributed by atoms with Gasteiger partial charge in [-0.1, -0.05) is 0 Å². The summed E-state index contributed by atoms with van der Waals surface area (Å²) < 4.78 is 10.6. The summed E-state index contributed by atoms with van der Waals surface area (Å²) in [5, 5.41) is 2.82. The Labute approximate surface area is 101 Å². The zero-order valence-electron chi connectivity index (χ0n) is 9.99. The molecule has 1 aromatic rings. The largest absolute Gasteiger partial charge is 0.493 e. The number of carbonyl (C=O) groups excluding carboxylic acids is 1. The van der Waals surface area contributed by atoms with Crippen LogP contribution >= 0.6 is 0 Å². The normalized spacial score (nSPS) is 13.0. The molecule has 0 saturated heterocycles. The number of ether oxygens (including phenoxy) is 2. The second-order valence-electron chi connectivity index (χ2n) is 3.87. The van der Waals surface area contributed by atoms with Crippen LogP contribution in [-0.4, -0.2) is 32.3 Å². The first kappa shape index (κ1) is 11.9. The molecule has 0 atom stereocenters.